The van der Waals surface area contributed by atoms with Gasteiger partial charge in [-0.25, -0.2) is 0 Å². The quantitative estimate of drug-likeness (QED) is 0.733. The molecular formula is C16H29N. The minimum Gasteiger partial charge on any atom is -0.330 e. The molecule has 0 heterocycles. The van der Waals surface area contributed by atoms with Crippen LogP contribution in [-0.4, -0.2) is 6.54 Å². The molecule has 1 aliphatic carbocycles. The third-order valence-corrected chi connectivity index (χ3v) is 4.43. The molecule has 0 spiro atoms. The Labute approximate surface area is 108 Å². The van der Waals surface area contributed by atoms with E-state index in [0.717, 1.165) is 31.2 Å². The summed E-state index contributed by atoms with van der Waals surface area (Å²) in [5, 5.41) is 0. The van der Waals surface area contributed by atoms with Crippen LogP contribution in [0.5, 0.6) is 0 Å². The van der Waals surface area contributed by atoms with E-state index < -0.39 is 0 Å². The zero-order chi connectivity index (χ0) is 12.5. The van der Waals surface area contributed by atoms with E-state index in [2.05, 4.69) is 25.7 Å². The van der Waals surface area contributed by atoms with E-state index >= 15 is 0 Å². The van der Waals surface area contributed by atoms with Crippen molar-refractivity contribution < 1.29 is 0 Å². The molecular weight excluding hydrogens is 206 g/mol. The minimum absolute atomic E-state index is 0.685. The summed E-state index contributed by atoms with van der Waals surface area (Å²) in [4.78, 5) is 0. The van der Waals surface area contributed by atoms with Gasteiger partial charge >= 0.3 is 0 Å². The Bertz CT molecular complexity index is 244. The predicted molar refractivity (Wildman–Crippen MR) is 75.6 cm³/mol. The summed E-state index contributed by atoms with van der Waals surface area (Å²) in [5.74, 6) is 8.92. The molecule has 1 aliphatic rings. The van der Waals surface area contributed by atoms with Gasteiger partial charge in [0.1, 0.15) is 0 Å². The number of rotatable bonds is 4. The van der Waals surface area contributed by atoms with Gasteiger partial charge in [0, 0.05) is 12.8 Å². The molecule has 2 N–H and O–H groups in total. The maximum atomic E-state index is 5.88. The standard InChI is InChI=1S/C16H29N/c1-3-15(13-17)14(2)16-11-9-7-5-4-6-8-10-12-16/h14-16H,3-7,9,11-13,17H2,1-2H3. The van der Waals surface area contributed by atoms with Crippen molar-refractivity contribution in [2.24, 2.45) is 23.5 Å². The van der Waals surface area contributed by atoms with E-state index in [1.807, 2.05) is 0 Å². The summed E-state index contributed by atoms with van der Waals surface area (Å²) in [6, 6.07) is 0. The van der Waals surface area contributed by atoms with Crippen LogP contribution in [0.1, 0.15) is 65.2 Å². The Morgan fingerprint density at radius 2 is 1.94 bits per heavy atom. The molecule has 1 heteroatoms. The lowest BCUT2D eigenvalue weighted by molar-refractivity contribution is 0.231. The minimum atomic E-state index is 0.685. The summed E-state index contributed by atoms with van der Waals surface area (Å²) in [6.07, 6.45) is 10.2. The molecule has 98 valence electrons. The highest BCUT2D eigenvalue weighted by molar-refractivity contribution is 5.01. The van der Waals surface area contributed by atoms with Crippen LogP contribution in [0.15, 0.2) is 0 Å². The van der Waals surface area contributed by atoms with Crippen LogP contribution in [0.25, 0.3) is 0 Å². The van der Waals surface area contributed by atoms with E-state index in [9.17, 15) is 0 Å². The van der Waals surface area contributed by atoms with Gasteiger partial charge in [0.05, 0.1) is 0 Å². The van der Waals surface area contributed by atoms with E-state index in [1.165, 1.54) is 38.5 Å². The molecule has 1 nitrogen and oxygen atoms in total. The van der Waals surface area contributed by atoms with Crippen molar-refractivity contribution in [3.63, 3.8) is 0 Å². The number of hydrogen-bond donors (Lipinski definition) is 1. The molecule has 3 atom stereocenters. The highest BCUT2D eigenvalue weighted by Crippen LogP contribution is 2.30. The normalized spacial score (nSPS) is 25.5. The zero-order valence-electron chi connectivity index (χ0n) is 11.7. The smallest absolute Gasteiger partial charge is 0.0120 e. The van der Waals surface area contributed by atoms with Crippen molar-refractivity contribution in [1.29, 1.82) is 0 Å². The Balaban J connectivity index is 2.56. The second kappa shape index (κ2) is 8.59. The average Bonchev–Trinajstić information content (AvgIpc) is 2.37. The molecule has 0 amide bonds. The molecule has 0 saturated heterocycles. The van der Waals surface area contributed by atoms with Gasteiger partial charge < -0.3 is 5.73 Å². The van der Waals surface area contributed by atoms with Crippen molar-refractivity contribution in [2.75, 3.05) is 6.54 Å². The fourth-order valence-electron chi connectivity index (χ4n) is 2.95. The zero-order valence-corrected chi connectivity index (χ0v) is 11.7. The lowest BCUT2D eigenvalue weighted by atomic mass is 9.77. The fourth-order valence-corrected chi connectivity index (χ4v) is 2.95. The molecule has 1 rings (SSSR count). The lowest BCUT2D eigenvalue weighted by Gasteiger charge is -2.29. The van der Waals surface area contributed by atoms with Gasteiger partial charge in [-0.1, -0.05) is 39.5 Å². The Morgan fingerprint density at radius 3 is 2.65 bits per heavy atom. The van der Waals surface area contributed by atoms with Gasteiger partial charge in [-0.3, -0.25) is 0 Å². The van der Waals surface area contributed by atoms with Gasteiger partial charge in [0.15, 0.2) is 0 Å². The molecule has 0 fully saturated rings. The maximum Gasteiger partial charge on any atom is 0.0120 e. The monoisotopic (exact) mass is 235 g/mol. The Morgan fingerprint density at radius 1 is 1.18 bits per heavy atom. The summed E-state index contributed by atoms with van der Waals surface area (Å²) in [7, 11) is 0. The van der Waals surface area contributed by atoms with Crippen LogP contribution in [0.4, 0.5) is 0 Å². The van der Waals surface area contributed by atoms with Gasteiger partial charge in [0.2, 0.25) is 0 Å². The molecule has 0 aliphatic heterocycles. The van der Waals surface area contributed by atoms with Crippen molar-refractivity contribution in [3.05, 3.63) is 0 Å². The predicted octanol–water partition coefficient (Wildman–Crippen LogP) is 3.97. The second-order valence-electron chi connectivity index (χ2n) is 5.53. The van der Waals surface area contributed by atoms with Crippen LogP contribution >= 0.6 is 0 Å². The molecule has 0 saturated carbocycles. The van der Waals surface area contributed by atoms with Crippen molar-refractivity contribution in [2.45, 2.75) is 65.2 Å². The molecule has 0 radical (unpaired) electrons. The van der Waals surface area contributed by atoms with E-state index in [-0.39, 0.29) is 0 Å². The summed E-state index contributed by atoms with van der Waals surface area (Å²) in [6.45, 7) is 5.49. The van der Waals surface area contributed by atoms with Gasteiger partial charge in [-0.05, 0) is 37.1 Å². The molecule has 0 bridgehead atoms. The van der Waals surface area contributed by atoms with Crippen LogP contribution in [0.2, 0.25) is 0 Å². The van der Waals surface area contributed by atoms with Gasteiger partial charge in [0.25, 0.3) is 0 Å². The largest absolute Gasteiger partial charge is 0.330 e. The Hall–Kier alpha value is -0.480. The van der Waals surface area contributed by atoms with E-state index in [1.54, 1.807) is 0 Å². The molecule has 0 aromatic carbocycles. The summed E-state index contributed by atoms with van der Waals surface area (Å²) in [5.41, 5.74) is 5.88. The molecule has 17 heavy (non-hydrogen) atoms. The van der Waals surface area contributed by atoms with Crippen molar-refractivity contribution in [3.8, 4) is 11.8 Å². The second-order valence-corrected chi connectivity index (χ2v) is 5.53. The third kappa shape index (κ3) is 5.13. The lowest BCUT2D eigenvalue weighted by Crippen LogP contribution is -2.27. The van der Waals surface area contributed by atoms with Crippen molar-refractivity contribution >= 4 is 0 Å². The molecule has 3 unspecified atom stereocenters. The highest BCUT2D eigenvalue weighted by atomic mass is 14.6. The first-order chi connectivity index (χ1) is 8.29. The van der Waals surface area contributed by atoms with E-state index in [4.69, 9.17) is 5.73 Å². The fraction of sp³-hybridized carbons (Fsp3) is 0.875. The average molecular weight is 235 g/mol. The van der Waals surface area contributed by atoms with Crippen LogP contribution in [0.3, 0.4) is 0 Å². The Kier molecular flexibility index (Phi) is 7.37. The first-order valence-corrected chi connectivity index (χ1v) is 7.45. The summed E-state index contributed by atoms with van der Waals surface area (Å²) >= 11 is 0. The first-order valence-electron chi connectivity index (χ1n) is 7.45. The maximum absolute atomic E-state index is 5.88. The topological polar surface area (TPSA) is 26.0 Å². The highest BCUT2D eigenvalue weighted by Gasteiger charge is 2.22. The van der Waals surface area contributed by atoms with Crippen LogP contribution < -0.4 is 5.73 Å². The first kappa shape index (κ1) is 14.6. The van der Waals surface area contributed by atoms with Crippen molar-refractivity contribution in [1.82, 2.24) is 0 Å². The van der Waals surface area contributed by atoms with Gasteiger partial charge in [-0.2, -0.15) is 0 Å². The third-order valence-electron chi connectivity index (χ3n) is 4.43. The molecule has 0 aromatic rings. The SMILES string of the molecule is CCC(CN)C(C)C1CC#CCCCCCC1. The van der Waals surface area contributed by atoms with E-state index in [0.29, 0.717) is 5.92 Å². The van der Waals surface area contributed by atoms with Crippen LogP contribution in [0, 0.1) is 29.6 Å². The van der Waals surface area contributed by atoms with Gasteiger partial charge in [-0.15, -0.1) is 11.8 Å². The number of hydrogen-bond acceptors (Lipinski definition) is 1. The number of nitrogens with two attached hydrogens (primary N) is 1. The molecule has 0 aromatic heterocycles. The summed E-state index contributed by atoms with van der Waals surface area (Å²) < 4.78 is 0. The van der Waals surface area contributed by atoms with Crippen LogP contribution in [-0.2, 0) is 0 Å².